The van der Waals surface area contributed by atoms with E-state index in [4.69, 9.17) is 9.47 Å². The lowest BCUT2D eigenvalue weighted by Gasteiger charge is -2.27. The van der Waals surface area contributed by atoms with Gasteiger partial charge in [-0.2, -0.15) is 39.5 Å². The molecule has 17 heteroatoms. The standard InChI is InChI=1S/C30H26F10N2O5/c1-14(2)20-10-21(25(46-4)11-23(20)31)26-22(8-19(30(38,39)40)9-24(26)42(44)45)27(47-13-43)15(3)41-12-16-5-17(28(32,33)34)7-18(6-16)29(35,36)37/h5-11,13-15,27,41H,12H2,1-4H3/t15-,27+/m1/s1. The molecule has 7 nitrogen and oxygen atoms in total. The van der Waals surface area contributed by atoms with Gasteiger partial charge < -0.3 is 14.8 Å². The highest BCUT2D eigenvalue weighted by Crippen LogP contribution is 2.47. The van der Waals surface area contributed by atoms with Crippen LogP contribution in [-0.4, -0.2) is 24.5 Å². The molecule has 0 aliphatic carbocycles. The van der Waals surface area contributed by atoms with Crippen molar-refractivity contribution in [3.8, 4) is 16.9 Å². The summed E-state index contributed by atoms with van der Waals surface area (Å²) in [5, 5.41) is 14.7. The summed E-state index contributed by atoms with van der Waals surface area (Å²) in [6.07, 6.45) is -17.4. The number of halogens is 10. The van der Waals surface area contributed by atoms with E-state index in [1.54, 1.807) is 13.8 Å². The van der Waals surface area contributed by atoms with Gasteiger partial charge in [-0.15, -0.1) is 0 Å². The van der Waals surface area contributed by atoms with Crippen LogP contribution in [0.25, 0.3) is 11.1 Å². The van der Waals surface area contributed by atoms with Crippen LogP contribution in [0.15, 0.2) is 42.5 Å². The Morgan fingerprint density at radius 1 is 0.830 bits per heavy atom. The topological polar surface area (TPSA) is 90.7 Å². The van der Waals surface area contributed by atoms with Gasteiger partial charge in [0, 0.05) is 35.8 Å². The first kappa shape index (κ1) is 37.1. The SMILES string of the molecule is COc1cc(F)c(C(C)C)cc1-c1c([C@@H](OC=O)[C@@H](C)NCc2cc(C(F)(F)F)cc(C(F)(F)F)c2)cc(C(F)(F)F)cc1[N+](=O)[O-]. The minimum atomic E-state index is -5.18. The van der Waals surface area contributed by atoms with Gasteiger partial charge in [0.2, 0.25) is 0 Å². The van der Waals surface area contributed by atoms with E-state index in [2.05, 4.69) is 5.32 Å². The summed E-state index contributed by atoms with van der Waals surface area (Å²) in [4.78, 5) is 22.7. The van der Waals surface area contributed by atoms with Crippen LogP contribution in [0.5, 0.6) is 5.75 Å². The Balaban J connectivity index is 2.28. The van der Waals surface area contributed by atoms with Gasteiger partial charge in [0.1, 0.15) is 17.7 Å². The molecule has 0 radical (unpaired) electrons. The molecule has 0 saturated heterocycles. The molecule has 0 amide bonds. The minimum Gasteiger partial charge on any atom is -0.496 e. The lowest BCUT2D eigenvalue weighted by atomic mass is 9.87. The zero-order valence-corrected chi connectivity index (χ0v) is 24.8. The second-order valence-electron chi connectivity index (χ2n) is 10.7. The summed E-state index contributed by atoms with van der Waals surface area (Å²) in [6, 6.07) is 1.98. The molecular formula is C30H26F10N2O5. The van der Waals surface area contributed by atoms with Crippen molar-refractivity contribution in [2.75, 3.05) is 7.11 Å². The van der Waals surface area contributed by atoms with Crippen LogP contribution in [0.1, 0.15) is 66.2 Å². The summed E-state index contributed by atoms with van der Waals surface area (Å²) in [6.45, 7) is 3.36. The fourth-order valence-corrected chi connectivity index (χ4v) is 4.88. The Labute approximate surface area is 260 Å². The van der Waals surface area contributed by atoms with Crippen LogP contribution < -0.4 is 10.1 Å². The van der Waals surface area contributed by atoms with Gasteiger partial charge in [-0.05, 0) is 54.3 Å². The van der Waals surface area contributed by atoms with Gasteiger partial charge in [0.05, 0.1) is 34.3 Å². The third-order valence-corrected chi connectivity index (χ3v) is 7.12. The molecule has 256 valence electrons. The molecular weight excluding hydrogens is 658 g/mol. The zero-order valence-electron chi connectivity index (χ0n) is 24.8. The highest BCUT2D eigenvalue weighted by atomic mass is 19.4. The number of nitro groups is 1. The lowest BCUT2D eigenvalue weighted by molar-refractivity contribution is -0.384. The van der Waals surface area contributed by atoms with Crippen molar-refractivity contribution in [1.82, 2.24) is 5.32 Å². The smallest absolute Gasteiger partial charge is 0.416 e. The maximum atomic E-state index is 14.9. The van der Waals surface area contributed by atoms with Gasteiger partial charge in [0.15, 0.2) is 0 Å². The van der Waals surface area contributed by atoms with Crippen LogP contribution in [0.4, 0.5) is 49.6 Å². The molecule has 0 aromatic heterocycles. The van der Waals surface area contributed by atoms with E-state index in [1.807, 2.05) is 0 Å². The molecule has 0 heterocycles. The van der Waals surface area contributed by atoms with E-state index >= 15 is 0 Å². The van der Waals surface area contributed by atoms with Crippen LogP contribution in [-0.2, 0) is 34.6 Å². The van der Waals surface area contributed by atoms with Crippen molar-refractivity contribution in [3.05, 3.63) is 91.8 Å². The maximum absolute atomic E-state index is 14.9. The number of alkyl halides is 9. The lowest BCUT2D eigenvalue weighted by Crippen LogP contribution is -2.34. The number of ether oxygens (including phenoxy) is 2. The van der Waals surface area contributed by atoms with E-state index in [0.29, 0.717) is 18.2 Å². The molecule has 3 aromatic carbocycles. The Morgan fingerprint density at radius 3 is 1.81 bits per heavy atom. The van der Waals surface area contributed by atoms with Gasteiger partial charge in [-0.1, -0.05) is 13.8 Å². The molecule has 3 aromatic rings. The molecule has 2 atom stereocenters. The molecule has 3 rings (SSSR count). The van der Waals surface area contributed by atoms with E-state index in [9.17, 15) is 58.8 Å². The Kier molecular flexibility index (Phi) is 10.8. The minimum absolute atomic E-state index is 0.00927. The number of nitrogens with one attached hydrogen (secondary N) is 1. The molecule has 0 aliphatic rings. The molecule has 0 spiro atoms. The zero-order chi connectivity index (χ0) is 35.6. The van der Waals surface area contributed by atoms with E-state index in [-0.39, 0.29) is 35.5 Å². The first-order chi connectivity index (χ1) is 21.6. The number of nitro benzene ring substituents is 1. The third kappa shape index (κ3) is 8.50. The van der Waals surface area contributed by atoms with Crippen molar-refractivity contribution in [3.63, 3.8) is 0 Å². The molecule has 0 aliphatic heterocycles. The van der Waals surface area contributed by atoms with Gasteiger partial charge >= 0.3 is 18.5 Å². The number of carbonyl (C=O) groups excluding carboxylic acids is 1. The first-order valence-corrected chi connectivity index (χ1v) is 13.5. The van der Waals surface area contributed by atoms with Crippen LogP contribution in [0.3, 0.4) is 0 Å². The van der Waals surface area contributed by atoms with E-state index in [0.717, 1.165) is 19.2 Å². The van der Waals surface area contributed by atoms with E-state index < -0.39 is 92.9 Å². The van der Waals surface area contributed by atoms with Crippen molar-refractivity contribution >= 4 is 12.2 Å². The predicted molar refractivity (Wildman–Crippen MR) is 147 cm³/mol. The van der Waals surface area contributed by atoms with Gasteiger partial charge in [-0.25, -0.2) is 4.39 Å². The number of rotatable bonds is 11. The first-order valence-electron chi connectivity index (χ1n) is 13.5. The van der Waals surface area contributed by atoms with Gasteiger partial charge in [0.25, 0.3) is 12.2 Å². The summed E-state index contributed by atoms with van der Waals surface area (Å²) < 4.78 is 147. The molecule has 0 saturated carbocycles. The second-order valence-corrected chi connectivity index (χ2v) is 10.7. The van der Waals surface area contributed by atoms with Gasteiger partial charge in [-0.3, -0.25) is 14.9 Å². The maximum Gasteiger partial charge on any atom is 0.416 e. The molecule has 1 N–H and O–H groups in total. The van der Waals surface area contributed by atoms with E-state index in [1.165, 1.54) is 6.92 Å². The Hall–Kier alpha value is -4.41. The van der Waals surface area contributed by atoms with Crippen molar-refractivity contribution in [2.45, 2.75) is 63.9 Å². The molecule has 0 bridgehead atoms. The molecule has 47 heavy (non-hydrogen) atoms. The average Bonchev–Trinajstić information content (AvgIpc) is 2.96. The Morgan fingerprint density at radius 2 is 1.36 bits per heavy atom. The molecule has 0 unspecified atom stereocenters. The third-order valence-electron chi connectivity index (χ3n) is 7.12. The number of carbonyl (C=O) groups is 1. The molecule has 0 fully saturated rings. The van der Waals surface area contributed by atoms with Crippen molar-refractivity contribution in [1.29, 1.82) is 0 Å². The largest absolute Gasteiger partial charge is 0.496 e. The summed E-state index contributed by atoms with van der Waals surface area (Å²) >= 11 is 0. The fraction of sp³-hybridized carbons (Fsp3) is 0.367. The normalized spacial score (nSPS) is 13.8. The van der Waals surface area contributed by atoms with Crippen molar-refractivity contribution in [2.24, 2.45) is 0 Å². The second kappa shape index (κ2) is 13.8. The predicted octanol–water partition coefficient (Wildman–Crippen LogP) is 8.98. The van der Waals surface area contributed by atoms with Crippen LogP contribution in [0, 0.1) is 15.9 Å². The highest BCUT2D eigenvalue weighted by Gasteiger charge is 2.40. The monoisotopic (exact) mass is 684 g/mol. The summed E-state index contributed by atoms with van der Waals surface area (Å²) in [7, 11) is 1.07. The Bertz CT molecular complexity index is 1600. The number of benzene rings is 3. The average molecular weight is 685 g/mol. The summed E-state index contributed by atoms with van der Waals surface area (Å²) in [5.41, 5.74) is -7.96. The number of nitrogens with zero attached hydrogens (tertiary/aromatic N) is 1. The van der Waals surface area contributed by atoms with Crippen molar-refractivity contribution < 1.29 is 63.1 Å². The quantitative estimate of drug-likeness (QED) is 0.0939. The summed E-state index contributed by atoms with van der Waals surface area (Å²) in [5.74, 6) is -1.68. The number of methoxy groups -OCH3 is 1. The number of hydrogen-bond acceptors (Lipinski definition) is 6. The van der Waals surface area contributed by atoms with Crippen LogP contribution in [0.2, 0.25) is 0 Å². The van der Waals surface area contributed by atoms with Crippen LogP contribution >= 0.6 is 0 Å². The number of hydrogen-bond donors (Lipinski definition) is 1. The fourth-order valence-electron chi connectivity index (χ4n) is 4.88. The highest BCUT2D eigenvalue weighted by molar-refractivity contribution is 5.83.